The van der Waals surface area contributed by atoms with Crippen LogP contribution < -0.4 is 10.5 Å². The number of carbonyl (C=O) groups is 1. The zero-order valence-electron chi connectivity index (χ0n) is 18.5. The van der Waals surface area contributed by atoms with Gasteiger partial charge in [-0.15, -0.1) is 0 Å². The lowest BCUT2D eigenvalue weighted by atomic mass is 9.93. The van der Waals surface area contributed by atoms with Crippen molar-refractivity contribution in [3.05, 3.63) is 52.6 Å². The van der Waals surface area contributed by atoms with Gasteiger partial charge in [0.15, 0.2) is 0 Å². The van der Waals surface area contributed by atoms with Gasteiger partial charge in [0.05, 0.1) is 23.7 Å². The van der Waals surface area contributed by atoms with E-state index in [2.05, 4.69) is 24.0 Å². The van der Waals surface area contributed by atoms with E-state index < -0.39 is 0 Å². The number of aryl methyl sites for hydroxylation is 1. The molecule has 0 bridgehead atoms. The van der Waals surface area contributed by atoms with Crippen molar-refractivity contribution in [2.45, 2.75) is 51.9 Å². The van der Waals surface area contributed by atoms with E-state index >= 15 is 0 Å². The van der Waals surface area contributed by atoms with E-state index in [0.717, 1.165) is 74.3 Å². The molecule has 0 spiro atoms. The van der Waals surface area contributed by atoms with Crippen LogP contribution in [0, 0.1) is 5.92 Å². The van der Waals surface area contributed by atoms with Gasteiger partial charge in [0.1, 0.15) is 5.82 Å². The predicted molar refractivity (Wildman–Crippen MR) is 124 cm³/mol. The third-order valence-corrected chi connectivity index (χ3v) is 6.29. The Balaban J connectivity index is 1.73. The molecule has 0 N–H and O–H groups in total. The van der Waals surface area contributed by atoms with Gasteiger partial charge in [-0.05, 0) is 56.2 Å². The molecule has 164 valence electrons. The molecule has 4 rings (SSSR count). The molecule has 6 nitrogen and oxygen atoms in total. The summed E-state index contributed by atoms with van der Waals surface area (Å²) in [4.78, 5) is 32.6. The number of rotatable bonds is 6. The van der Waals surface area contributed by atoms with Crippen LogP contribution in [-0.2, 0) is 16.0 Å². The van der Waals surface area contributed by atoms with Crippen molar-refractivity contribution in [3.8, 4) is 0 Å². The molecule has 1 aliphatic heterocycles. The average Bonchev–Trinajstić information content (AvgIpc) is 2.80. The summed E-state index contributed by atoms with van der Waals surface area (Å²) in [5.41, 5.74) is 2.65. The molecule has 2 aromatic rings. The molecule has 2 heterocycles. The summed E-state index contributed by atoms with van der Waals surface area (Å²) in [6, 6.07) is 5.96. The number of benzene rings is 1. The Morgan fingerprint density at radius 3 is 2.71 bits per heavy atom. The lowest BCUT2D eigenvalue weighted by Crippen LogP contribution is -2.36. The minimum atomic E-state index is -0.145. The number of piperidine rings is 1. The van der Waals surface area contributed by atoms with Gasteiger partial charge in [0.2, 0.25) is 0 Å². The number of aromatic nitrogens is 2. The fourth-order valence-electron chi connectivity index (χ4n) is 4.64. The van der Waals surface area contributed by atoms with Crippen LogP contribution >= 0.6 is 0 Å². The predicted octanol–water partition coefficient (Wildman–Crippen LogP) is 4.32. The molecule has 31 heavy (non-hydrogen) atoms. The minimum absolute atomic E-state index is 0.0125. The standard InChI is InChI=1S/C25H31N3O3/c1-3-8-22-26-20-11-7-12-21(27-15-13-18(14-16-27)17-23(29)31-2)24(20)25(30)28(22)19-9-5-4-6-10-19/h5,7,9-12,18H,3-4,6,8,13-17H2,1-2H3. The molecular formula is C25H31N3O3. The van der Waals surface area contributed by atoms with Gasteiger partial charge in [-0.2, -0.15) is 0 Å². The number of nitrogens with zero attached hydrogens (tertiary/aromatic N) is 3. The monoisotopic (exact) mass is 421 g/mol. The lowest BCUT2D eigenvalue weighted by molar-refractivity contribution is -0.141. The first-order valence-corrected chi connectivity index (χ1v) is 11.4. The maximum Gasteiger partial charge on any atom is 0.305 e. The van der Waals surface area contributed by atoms with Crippen LogP contribution in [0.2, 0.25) is 0 Å². The van der Waals surface area contributed by atoms with Gasteiger partial charge in [-0.3, -0.25) is 14.2 Å². The van der Waals surface area contributed by atoms with Crippen molar-refractivity contribution in [2.75, 3.05) is 25.1 Å². The largest absolute Gasteiger partial charge is 0.469 e. The van der Waals surface area contributed by atoms with Crippen LogP contribution in [0.4, 0.5) is 5.69 Å². The third kappa shape index (κ3) is 4.43. The van der Waals surface area contributed by atoms with Crippen molar-refractivity contribution in [1.29, 1.82) is 0 Å². The average molecular weight is 422 g/mol. The Morgan fingerprint density at radius 2 is 2.03 bits per heavy atom. The van der Waals surface area contributed by atoms with Crippen LogP contribution in [0.1, 0.15) is 51.3 Å². The van der Waals surface area contributed by atoms with Crippen LogP contribution in [0.5, 0.6) is 0 Å². The van der Waals surface area contributed by atoms with Gasteiger partial charge in [0.25, 0.3) is 5.56 Å². The molecule has 1 aliphatic carbocycles. The number of methoxy groups -OCH3 is 1. The summed E-state index contributed by atoms with van der Waals surface area (Å²) in [6.07, 6.45) is 12.2. The molecule has 0 unspecified atom stereocenters. The summed E-state index contributed by atoms with van der Waals surface area (Å²) in [5.74, 6) is 1.02. The Kier molecular flexibility index (Phi) is 6.54. The molecule has 1 saturated heterocycles. The number of hydrogen-bond acceptors (Lipinski definition) is 5. The molecule has 2 aliphatic rings. The van der Waals surface area contributed by atoms with Gasteiger partial charge >= 0.3 is 5.97 Å². The second-order valence-corrected chi connectivity index (χ2v) is 8.41. The van der Waals surface area contributed by atoms with Crippen molar-refractivity contribution < 1.29 is 9.53 Å². The number of fused-ring (bicyclic) bond motifs is 1. The van der Waals surface area contributed by atoms with Crippen molar-refractivity contribution in [1.82, 2.24) is 9.55 Å². The maximum atomic E-state index is 13.8. The second-order valence-electron chi connectivity index (χ2n) is 8.41. The van der Waals surface area contributed by atoms with Gasteiger partial charge < -0.3 is 9.64 Å². The molecule has 6 heteroatoms. The van der Waals surface area contributed by atoms with E-state index in [-0.39, 0.29) is 11.5 Å². The smallest absolute Gasteiger partial charge is 0.305 e. The molecule has 0 amide bonds. The Hall–Kier alpha value is -2.89. The molecule has 0 atom stereocenters. The van der Waals surface area contributed by atoms with Crippen LogP contribution in [-0.4, -0.2) is 35.7 Å². The molecule has 1 fully saturated rings. The highest BCUT2D eigenvalue weighted by molar-refractivity contribution is 5.92. The normalized spacial score (nSPS) is 17.1. The summed E-state index contributed by atoms with van der Waals surface area (Å²) < 4.78 is 6.64. The van der Waals surface area contributed by atoms with Crippen LogP contribution in [0.3, 0.4) is 0 Å². The van der Waals surface area contributed by atoms with E-state index in [1.54, 1.807) is 0 Å². The van der Waals surface area contributed by atoms with Crippen LogP contribution in [0.15, 0.2) is 41.2 Å². The molecule has 0 saturated carbocycles. The SMILES string of the molecule is CCCc1nc2cccc(N3CCC(CC(=O)OC)CC3)c2c(=O)n1C1=CCCC=C1. The van der Waals surface area contributed by atoms with Crippen molar-refractivity contribution in [3.63, 3.8) is 0 Å². The molecule has 1 aromatic carbocycles. The van der Waals surface area contributed by atoms with Gasteiger partial charge in [0, 0.05) is 31.6 Å². The highest BCUT2D eigenvalue weighted by Crippen LogP contribution is 2.30. The fraction of sp³-hybridized carbons (Fsp3) is 0.480. The third-order valence-electron chi connectivity index (χ3n) is 6.29. The van der Waals surface area contributed by atoms with E-state index in [4.69, 9.17) is 9.72 Å². The first-order valence-electron chi connectivity index (χ1n) is 11.4. The number of carbonyl (C=O) groups excluding carboxylic acids is 1. The first-order chi connectivity index (χ1) is 15.1. The Labute approximate surface area is 183 Å². The number of anilines is 1. The number of ether oxygens (including phenoxy) is 1. The number of allylic oxidation sites excluding steroid dienone is 4. The van der Waals surface area contributed by atoms with Crippen molar-refractivity contribution >= 4 is 28.3 Å². The number of hydrogen-bond donors (Lipinski definition) is 0. The highest BCUT2D eigenvalue weighted by Gasteiger charge is 2.25. The quantitative estimate of drug-likeness (QED) is 0.650. The second kappa shape index (κ2) is 9.50. The van der Waals surface area contributed by atoms with E-state index in [1.807, 2.05) is 28.8 Å². The molecular weight excluding hydrogens is 390 g/mol. The minimum Gasteiger partial charge on any atom is -0.469 e. The van der Waals surface area contributed by atoms with E-state index in [0.29, 0.717) is 17.7 Å². The first kappa shape index (κ1) is 21.3. The van der Waals surface area contributed by atoms with Crippen molar-refractivity contribution in [2.24, 2.45) is 5.92 Å². The Bertz CT molecular complexity index is 1080. The summed E-state index contributed by atoms with van der Waals surface area (Å²) in [5, 5.41) is 0.689. The summed E-state index contributed by atoms with van der Waals surface area (Å²) >= 11 is 0. The summed E-state index contributed by atoms with van der Waals surface area (Å²) in [6.45, 7) is 3.75. The fourth-order valence-corrected chi connectivity index (χ4v) is 4.64. The Morgan fingerprint density at radius 1 is 1.23 bits per heavy atom. The van der Waals surface area contributed by atoms with Crippen LogP contribution in [0.25, 0.3) is 16.6 Å². The number of esters is 1. The van der Waals surface area contributed by atoms with Gasteiger partial charge in [-0.1, -0.05) is 25.1 Å². The molecule has 0 radical (unpaired) electrons. The van der Waals surface area contributed by atoms with Gasteiger partial charge in [-0.25, -0.2) is 4.98 Å². The molecule has 1 aromatic heterocycles. The lowest BCUT2D eigenvalue weighted by Gasteiger charge is -2.33. The summed E-state index contributed by atoms with van der Waals surface area (Å²) in [7, 11) is 1.44. The van der Waals surface area contributed by atoms with E-state index in [9.17, 15) is 9.59 Å². The maximum absolute atomic E-state index is 13.8. The van der Waals surface area contributed by atoms with E-state index in [1.165, 1.54) is 7.11 Å². The zero-order valence-corrected chi connectivity index (χ0v) is 18.5. The highest BCUT2D eigenvalue weighted by atomic mass is 16.5. The zero-order chi connectivity index (χ0) is 21.8. The topological polar surface area (TPSA) is 64.4 Å².